The van der Waals surface area contributed by atoms with Crippen LogP contribution in [0.1, 0.15) is 42.5 Å². The first kappa shape index (κ1) is 17.5. The molecule has 4 N–H and O–H groups in total. The van der Waals surface area contributed by atoms with Crippen LogP contribution in [0.5, 0.6) is 0 Å². The Morgan fingerprint density at radius 3 is 2.25 bits per heavy atom. The molecule has 1 aliphatic carbocycles. The topological polar surface area (TPSA) is 125 Å². The molecule has 1 aromatic carbocycles. The van der Waals surface area contributed by atoms with E-state index in [1.54, 1.807) is 12.1 Å². The zero-order valence-corrected chi connectivity index (χ0v) is 13.0. The predicted molar refractivity (Wildman–Crippen MR) is 84.9 cm³/mol. The van der Waals surface area contributed by atoms with Crippen molar-refractivity contribution in [3.63, 3.8) is 0 Å². The van der Waals surface area contributed by atoms with E-state index in [-0.39, 0.29) is 31.1 Å². The second kappa shape index (κ2) is 8.09. The van der Waals surface area contributed by atoms with Crippen LogP contribution in [0, 0.1) is 5.92 Å². The van der Waals surface area contributed by atoms with E-state index in [2.05, 4.69) is 16.2 Å². The Kier molecular flexibility index (Phi) is 5.89. The highest BCUT2D eigenvalue weighted by Gasteiger charge is 2.29. The summed E-state index contributed by atoms with van der Waals surface area (Å²) >= 11 is 0. The molecule has 2 rings (SSSR count). The quantitative estimate of drug-likeness (QED) is 0.555. The van der Waals surface area contributed by atoms with Crippen LogP contribution in [0.25, 0.3) is 0 Å². The van der Waals surface area contributed by atoms with Crippen LogP contribution in [0.4, 0.5) is 5.69 Å². The van der Waals surface area contributed by atoms with E-state index in [0.29, 0.717) is 11.3 Å². The third-order valence-corrected chi connectivity index (χ3v) is 3.47. The summed E-state index contributed by atoms with van der Waals surface area (Å²) in [5, 5.41) is 11.2. The Morgan fingerprint density at radius 1 is 1.00 bits per heavy atom. The number of carboxylic acids is 1. The number of amides is 3. The van der Waals surface area contributed by atoms with Crippen LogP contribution in [0.3, 0.4) is 0 Å². The molecule has 1 aliphatic rings. The first-order valence-corrected chi connectivity index (χ1v) is 7.67. The number of rotatable bonds is 7. The second-order valence-electron chi connectivity index (χ2n) is 5.59. The highest BCUT2D eigenvalue weighted by Crippen LogP contribution is 2.30. The molecule has 1 saturated carbocycles. The van der Waals surface area contributed by atoms with Crippen molar-refractivity contribution < 1.29 is 24.3 Å². The summed E-state index contributed by atoms with van der Waals surface area (Å²) in [5.41, 5.74) is 5.41. The zero-order valence-electron chi connectivity index (χ0n) is 13.0. The summed E-state index contributed by atoms with van der Waals surface area (Å²) in [4.78, 5) is 45.3. The first-order valence-electron chi connectivity index (χ1n) is 7.67. The van der Waals surface area contributed by atoms with Crippen LogP contribution in [0.15, 0.2) is 24.3 Å². The van der Waals surface area contributed by atoms with Gasteiger partial charge in [0.05, 0.1) is 0 Å². The van der Waals surface area contributed by atoms with Gasteiger partial charge in [0.25, 0.3) is 5.91 Å². The smallest absolute Gasteiger partial charge is 0.303 e. The standard InChI is InChI=1S/C16H19N3O5/c20-13(2-1-3-14(21)22)18-19-16(24)11-6-8-12(9-7-11)17-15(23)10-4-5-10/h6-10H,1-5H2,(H,17,23)(H,18,20)(H,19,24)(H,21,22). The van der Waals surface area contributed by atoms with Crippen LogP contribution >= 0.6 is 0 Å². The van der Waals surface area contributed by atoms with Gasteiger partial charge in [-0.2, -0.15) is 0 Å². The molecule has 0 atom stereocenters. The van der Waals surface area contributed by atoms with E-state index >= 15 is 0 Å². The van der Waals surface area contributed by atoms with E-state index in [0.717, 1.165) is 12.8 Å². The summed E-state index contributed by atoms with van der Waals surface area (Å²) in [7, 11) is 0. The summed E-state index contributed by atoms with van der Waals surface area (Å²) in [5.74, 6) is -1.84. The Labute approximate surface area is 138 Å². The fourth-order valence-electron chi connectivity index (χ4n) is 1.96. The summed E-state index contributed by atoms with van der Waals surface area (Å²) in [6, 6.07) is 6.30. The summed E-state index contributed by atoms with van der Waals surface area (Å²) in [6.45, 7) is 0. The van der Waals surface area contributed by atoms with Gasteiger partial charge >= 0.3 is 5.97 Å². The number of carbonyl (C=O) groups is 4. The Bertz CT molecular complexity index is 638. The van der Waals surface area contributed by atoms with Gasteiger partial charge in [0.2, 0.25) is 11.8 Å². The fourth-order valence-corrected chi connectivity index (χ4v) is 1.96. The largest absolute Gasteiger partial charge is 0.481 e. The number of hydrogen-bond acceptors (Lipinski definition) is 4. The SMILES string of the molecule is O=C(O)CCCC(=O)NNC(=O)c1ccc(NC(=O)C2CC2)cc1. The van der Waals surface area contributed by atoms with Crippen molar-refractivity contribution in [3.8, 4) is 0 Å². The maximum atomic E-state index is 11.9. The van der Waals surface area contributed by atoms with Crippen LogP contribution in [0.2, 0.25) is 0 Å². The van der Waals surface area contributed by atoms with Crippen LogP contribution in [-0.2, 0) is 14.4 Å². The van der Waals surface area contributed by atoms with Gasteiger partial charge in [-0.25, -0.2) is 0 Å². The van der Waals surface area contributed by atoms with Gasteiger partial charge in [-0.05, 0) is 43.5 Å². The van der Waals surface area contributed by atoms with Crippen molar-refractivity contribution >= 4 is 29.4 Å². The lowest BCUT2D eigenvalue weighted by Crippen LogP contribution is -2.41. The molecule has 0 radical (unpaired) electrons. The van der Waals surface area contributed by atoms with Crippen molar-refractivity contribution in [2.45, 2.75) is 32.1 Å². The fraction of sp³-hybridized carbons (Fsp3) is 0.375. The monoisotopic (exact) mass is 333 g/mol. The average molecular weight is 333 g/mol. The van der Waals surface area contributed by atoms with Gasteiger partial charge < -0.3 is 10.4 Å². The molecule has 8 heteroatoms. The molecule has 0 unspecified atom stereocenters. The maximum Gasteiger partial charge on any atom is 0.303 e. The number of carboxylic acid groups (broad SMARTS) is 1. The minimum atomic E-state index is -0.972. The maximum absolute atomic E-state index is 11.9. The van der Waals surface area contributed by atoms with Gasteiger partial charge in [0, 0.05) is 30.0 Å². The third-order valence-electron chi connectivity index (χ3n) is 3.47. The predicted octanol–water partition coefficient (Wildman–Crippen LogP) is 1.05. The number of anilines is 1. The molecule has 0 aromatic heterocycles. The number of carbonyl (C=O) groups excluding carboxylic acids is 3. The van der Waals surface area contributed by atoms with Gasteiger partial charge in [0.1, 0.15) is 0 Å². The lowest BCUT2D eigenvalue weighted by molar-refractivity contribution is -0.137. The van der Waals surface area contributed by atoms with Crippen molar-refractivity contribution in [1.82, 2.24) is 10.9 Å². The number of hydrazine groups is 1. The summed E-state index contributed by atoms with van der Waals surface area (Å²) in [6.07, 6.45) is 1.94. The van der Waals surface area contributed by atoms with Gasteiger partial charge in [-0.1, -0.05) is 0 Å². The first-order chi connectivity index (χ1) is 11.5. The molecule has 1 aromatic rings. The zero-order chi connectivity index (χ0) is 17.5. The third kappa shape index (κ3) is 5.71. The molecule has 24 heavy (non-hydrogen) atoms. The van der Waals surface area contributed by atoms with E-state index in [1.807, 2.05) is 0 Å². The van der Waals surface area contributed by atoms with E-state index in [4.69, 9.17) is 5.11 Å². The number of hydrogen-bond donors (Lipinski definition) is 4. The molecule has 1 fully saturated rings. The minimum Gasteiger partial charge on any atom is -0.481 e. The lowest BCUT2D eigenvalue weighted by atomic mass is 10.2. The van der Waals surface area contributed by atoms with E-state index in [9.17, 15) is 19.2 Å². The van der Waals surface area contributed by atoms with Crippen molar-refractivity contribution in [1.29, 1.82) is 0 Å². The number of nitrogens with one attached hydrogen (secondary N) is 3. The van der Waals surface area contributed by atoms with E-state index < -0.39 is 17.8 Å². The van der Waals surface area contributed by atoms with Gasteiger partial charge in [-0.3, -0.25) is 30.0 Å². The highest BCUT2D eigenvalue weighted by molar-refractivity contribution is 5.97. The Hall–Kier alpha value is -2.90. The second-order valence-corrected chi connectivity index (χ2v) is 5.59. The molecule has 3 amide bonds. The summed E-state index contributed by atoms with van der Waals surface area (Å²) < 4.78 is 0. The molecule has 0 heterocycles. The van der Waals surface area contributed by atoms with Gasteiger partial charge in [-0.15, -0.1) is 0 Å². The number of aliphatic carboxylic acids is 1. The lowest BCUT2D eigenvalue weighted by Gasteiger charge is -2.08. The van der Waals surface area contributed by atoms with Crippen LogP contribution < -0.4 is 16.2 Å². The normalized spacial score (nSPS) is 13.0. The Balaban J connectivity index is 1.74. The van der Waals surface area contributed by atoms with Crippen molar-refractivity contribution in [3.05, 3.63) is 29.8 Å². The molecule has 0 aliphatic heterocycles. The molecule has 0 saturated heterocycles. The molecular weight excluding hydrogens is 314 g/mol. The van der Waals surface area contributed by atoms with Crippen LogP contribution in [-0.4, -0.2) is 28.8 Å². The van der Waals surface area contributed by atoms with Crippen molar-refractivity contribution in [2.24, 2.45) is 5.92 Å². The number of benzene rings is 1. The Morgan fingerprint density at radius 2 is 1.67 bits per heavy atom. The molecule has 8 nitrogen and oxygen atoms in total. The molecule has 0 spiro atoms. The van der Waals surface area contributed by atoms with Crippen molar-refractivity contribution in [2.75, 3.05) is 5.32 Å². The average Bonchev–Trinajstić information content (AvgIpc) is 3.38. The molecular formula is C16H19N3O5. The molecule has 0 bridgehead atoms. The van der Waals surface area contributed by atoms with Gasteiger partial charge in [0.15, 0.2) is 0 Å². The molecule has 128 valence electrons. The van der Waals surface area contributed by atoms with E-state index in [1.165, 1.54) is 12.1 Å². The highest BCUT2D eigenvalue weighted by atomic mass is 16.4. The minimum absolute atomic E-state index is 0.0126.